The standard InChI is InChI=1S/C9H10Br/c1-7-4-3-5-9(6-10)8(7)2/h3-4H,6H2,1-2H3. The molecule has 1 heteroatoms. The Kier molecular flexibility index (Phi) is 2.50. The molecule has 0 N–H and O–H groups in total. The van der Waals surface area contributed by atoms with Gasteiger partial charge in [0.15, 0.2) is 0 Å². The molecule has 1 aromatic rings. The van der Waals surface area contributed by atoms with Crippen LogP contribution in [0.3, 0.4) is 0 Å². The van der Waals surface area contributed by atoms with E-state index in [1.165, 1.54) is 16.7 Å². The van der Waals surface area contributed by atoms with Crippen molar-refractivity contribution in [3.05, 3.63) is 34.9 Å². The third-order valence-corrected chi connectivity index (χ3v) is 2.33. The normalized spacial score (nSPS) is 9.90. The van der Waals surface area contributed by atoms with Gasteiger partial charge in [0.1, 0.15) is 0 Å². The highest BCUT2D eigenvalue weighted by Crippen LogP contribution is 2.14. The fourth-order valence-electron chi connectivity index (χ4n) is 0.877. The Morgan fingerprint density at radius 3 is 2.70 bits per heavy atom. The van der Waals surface area contributed by atoms with Crippen molar-refractivity contribution < 1.29 is 0 Å². The Morgan fingerprint density at radius 2 is 2.20 bits per heavy atom. The second kappa shape index (κ2) is 3.20. The third-order valence-electron chi connectivity index (χ3n) is 1.77. The van der Waals surface area contributed by atoms with Crippen LogP contribution < -0.4 is 0 Å². The van der Waals surface area contributed by atoms with E-state index in [4.69, 9.17) is 0 Å². The van der Waals surface area contributed by atoms with Crippen molar-refractivity contribution in [1.29, 1.82) is 0 Å². The number of alkyl halides is 1. The topological polar surface area (TPSA) is 0 Å². The third kappa shape index (κ3) is 1.40. The van der Waals surface area contributed by atoms with E-state index in [9.17, 15) is 0 Å². The first-order valence-corrected chi connectivity index (χ1v) is 4.40. The molecule has 0 spiro atoms. The molecule has 53 valence electrons. The summed E-state index contributed by atoms with van der Waals surface area (Å²) in [5.41, 5.74) is 3.95. The quantitative estimate of drug-likeness (QED) is 0.608. The van der Waals surface area contributed by atoms with Gasteiger partial charge in [-0.3, -0.25) is 0 Å². The van der Waals surface area contributed by atoms with Crippen molar-refractivity contribution in [2.24, 2.45) is 0 Å². The lowest BCUT2D eigenvalue weighted by Gasteiger charge is -2.02. The number of aryl methyl sites for hydroxylation is 1. The lowest BCUT2D eigenvalue weighted by atomic mass is 10.1. The summed E-state index contributed by atoms with van der Waals surface area (Å²) in [6, 6.07) is 7.24. The first kappa shape index (κ1) is 7.80. The highest BCUT2D eigenvalue weighted by Gasteiger charge is 1.96. The molecule has 1 aromatic carbocycles. The van der Waals surface area contributed by atoms with Crippen LogP contribution in [0.15, 0.2) is 12.1 Å². The van der Waals surface area contributed by atoms with Crippen LogP contribution in [0.2, 0.25) is 0 Å². The molecule has 0 amide bonds. The molecule has 1 radical (unpaired) electrons. The summed E-state index contributed by atoms with van der Waals surface area (Å²) in [4.78, 5) is 0. The molecule has 0 aliphatic carbocycles. The fraction of sp³-hybridized carbons (Fsp3) is 0.333. The van der Waals surface area contributed by atoms with Gasteiger partial charge in [-0.15, -0.1) is 0 Å². The molecule has 0 atom stereocenters. The second-order valence-corrected chi connectivity index (χ2v) is 2.96. The number of rotatable bonds is 1. The molecule has 0 saturated heterocycles. The number of hydrogen-bond acceptors (Lipinski definition) is 0. The smallest absolute Gasteiger partial charge is 0.0291 e. The van der Waals surface area contributed by atoms with Crippen molar-refractivity contribution >= 4 is 15.9 Å². The van der Waals surface area contributed by atoms with Crippen LogP contribution in [0.5, 0.6) is 0 Å². The molecular weight excluding hydrogens is 188 g/mol. The van der Waals surface area contributed by atoms with Gasteiger partial charge in [0.2, 0.25) is 0 Å². The summed E-state index contributed by atoms with van der Waals surface area (Å²) in [5.74, 6) is 0. The Hall–Kier alpha value is -0.300. The predicted molar refractivity (Wildman–Crippen MR) is 47.4 cm³/mol. The van der Waals surface area contributed by atoms with Gasteiger partial charge in [-0.25, -0.2) is 0 Å². The van der Waals surface area contributed by atoms with E-state index in [1.807, 2.05) is 6.07 Å². The Balaban J connectivity index is 3.14. The first-order valence-electron chi connectivity index (χ1n) is 3.28. The largest absolute Gasteiger partial charge is 0.0876 e. The Bertz CT molecular complexity index is 228. The lowest BCUT2D eigenvalue weighted by Crippen LogP contribution is -1.87. The van der Waals surface area contributed by atoms with E-state index < -0.39 is 0 Å². The van der Waals surface area contributed by atoms with Crippen molar-refractivity contribution in [2.45, 2.75) is 19.2 Å². The van der Waals surface area contributed by atoms with E-state index in [0.717, 1.165) is 5.33 Å². The van der Waals surface area contributed by atoms with E-state index in [1.54, 1.807) is 0 Å². The summed E-state index contributed by atoms with van der Waals surface area (Å²) in [6.45, 7) is 4.25. The molecule has 0 aromatic heterocycles. The Labute approximate surface area is 70.4 Å². The zero-order valence-corrected chi connectivity index (χ0v) is 7.83. The summed E-state index contributed by atoms with van der Waals surface area (Å²) in [6.07, 6.45) is 0. The fourth-order valence-corrected chi connectivity index (χ4v) is 1.46. The first-order chi connectivity index (χ1) is 4.75. The minimum absolute atomic E-state index is 0.903. The van der Waals surface area contributed by atoms with Gasteiger partial charge in [0.05, 0.1) is 0 Å². The molecule has 0 heterocycles. The molecule has 1 rings (SSSR count). The molecule has 0 fully saturated rings. The Morgan fingerprint density at radius 1 is 1.50 bits per heavy atom. The zero-order chi connectivity index (χ0) is 7.56. The van der Waals surface area contributed by atoms with Gasteiger partial charge in [-0.2, -0.15) is 0 Å². The predicted octanol–water partition coefficient (Wildman–Crippen LogP) is 3.00. The van der Waals surface area contributed by atoms with Gasteiger partial charge < -0.3 is 0 Å². The minimum Gasteiger partial charge on any atom is -0.0876 e. The van der Waals surface area contributed by atoms with E-state index in [-0.39, 0.29) is 0 Å². The van der Waals surface area contributed by atoms with Crippen LogP contribution in [-0.4, -0.2) is 0 Å². The zero-order valence-electron chi connectivity index (χ0n) is 6.24. The second-order valence-electron chi connectivity index (χ2n) is 2.40. The van der Waals surface area contributed by atoms with Crippen molar-refractivity contribution in [1.82, 2.24) is 0 Å². The maximum atomic E-state index is 3.41. The average molecular weight is 198 g/mol. The van der Waals surface area contributed by atoms with Crippen molar-refractivity contribution in [3.63, 3.8) is 0 Å². The minimum atomic E-state index is 0.903. The van der Waals surface area contributed by atoms with Crippen molar-refractivity contribution in [3.8, 4) is 0 Å². The van der Waals surface area contributed by atoms with Gasteiger partial charge in [-0.1, -0.05) is 28.1 Å². The summed E-state index contributed by atoms with van der Waals surface area (Å²) < 4.78 is 0. The number of halogens is 1. The van der Waals surface area contributed by atoms with Gasteiger partial charge in [0, 0.05) is 5.33 Å². The summed E-state index contributed by atoms with van der Waals surface area (Å²) in [5, 5.41) is 0.903. The number of benzene rings is 1. The van der Waals surface area contributed by atoms with Gasteiger partial charge >= 0.3 is 0 Å². The maximum absolute atomic E-state index is 3.41. The van der Waals surface area contributed by atoms with Crippen LogP contribution >= 0.6 is 15.9 Å². The van der Waals surface area contributed by atoms with Gasteiger partial charge in [0.25, 0.3) is 0 Å². The molecule has 0 saturated carbocycles. The van der Waals surface area contributed by atoms with Crippen LogP contribution in [-0.2, 0) is 5.33 Å². The SMILES string of the molecule is Cc1cc[c]c(CBr)c1C. The monoisotopic (exact) mass is 197 g/mol. The van der Waals surface area contributed by atoms with E-state index in [0.29, 0.717) is 0 Å². The summed E-state index contributed by atoms with van der Waals surface area (Å²) >= 11 is 3.41. The highest BCUT2D eigenvalue weighted by atomic mass is 79.9. The number of hydrogen-bond donors (Lipinski definition) is 0. The molecule has 10 heavy (non-hydrogen) atoms. The summed E-state index contributed by atoms with van der Waals surface area (Å²) in [7, 11) is 0. The highest BCUT2D eigenvalue weighted by molar-refractivity contribution is 9.08. The molecular formula is C9H10Br. The maximum Gasteiger partial charge on any atom is 0.0291 e. The van der Waals surface area contributed by atoms with Crippen LogP contribution in [0, 0.1) is 19.9 Å². The van der Waals surface area contributed by atoms with Gasteiger partial charge in [-0.05, 0) is 36.6 Å². The van der Waals surface area contributed by atoms with Crippen molar-refractivity contribution in [2.75, 3.05) is 0 Å². The van der Waals surface area contributed by atoms with Crippen LogP contribution in [0.1, 0.15) is 16.7 Å². The van der Waals surface area contributed by atoms with E-state index >= 15 is 0 Å². The molecule has 0 bridgehead atoms. The average Bonchev–Trinajstić information content (AvgIpc) is 1.95. The lowest BCUT2D eigenvalue weighted by molar-refractivity contribution is 1.25. The van der Waals surface area contributed by atoms with E-state index in [2.05, 4.69) is 41.9 Å². The molecule has 0 nitrogen and oxygen atoms in total. The molecule has 0 aliphatic heterocycles. The molecule has 0 aliphatic rings. The van der Waals surface area contributed by atoms with Crippen LogP contribution in [0.4, 0.5) is 0 Å². The molecule has 0 unspecified atom stereocenters. The van der Waals surface area contributed by atoms with Crippen LogP contribution in [0.25, 0.3) is 0 Å².